The fraction of sp³-hybridized carbons (Fsp3) is 0.400. The number of aromatic hydroxyl groups is 1. The summed E-state index contributed by atoms with van der Waals surface area (Å²) in [5.41, 5.74) is -3.76. The van der Waals surface area contributed by atoms with Gasteiger partial charge in [-0.2, -0.15) is 26.3 Å². The highest BCUT2D eigenvalue weighted by Gasteiger charge is 2.76. The number of carbonyl (C=O) groups is 4. The first-order valence-corrected chi connectivity index (χ1v) is 15.7. The SMILES string of the molecule is COc1cc([C@H]2C3=CC[C@@H]4C(=O)N(c5cc(C(F)(F)F)cc(C(F)(F)F)c5)C(=O)[C@@H]4[C@@H]3C[C@@]3(Cl)C(=O)N(C)C(=O)[C@@]23Cl)cc(I)c1O. The number of hydrogen-bond acceptors (Lipinski definition) is 6. The molecule has 1 saturated carbocycles. The molecule has 47 heavy (non-hydrogen) atoms. The number of rotatable bonds is 3. The van der Waals surface area contributed by atoms with Crippen LogP contribution in [0.5, 0.6) is 11.5 Å². The minimum Gasteiger partial charge on any atom is -0.504 e. The summed E-state index contributed by atoms with van der Waals surface area (Å²) in [5, 5.41) is 10.5. The molecule has 2 aliphatic heterocycles. The summed E-state index contributed by atoms with van der Waals surface area (Å²) < 4.78 is 87.6. The first-order valence-electron chi connectivity index (χ1n) is 13.8. The Bertz CT molecular complexity index is 1790. The molecule has 8 nitrogen and oxygen atoms in total. The van der Waals surface area contributed by atoms with Crippen LogP contribution in [-0.2, 0) is 31.5 Å². The van der Waals surface area contributed by atoms with Crippen LogP contribution < -0.4 is 9.64 Å². The van der Waals surface area contributed by atoms with Crippen LogP contribution in [0.2, 0.25) is 0 Å². The van der Waals surface area contributed by atoms with E-state index in [-0.39, 0.29) is 33.1 Å². The lowest BCUT2D eigenvalue weighted by Gasteiger charge is -2.50. The molecule has 2 saturated heterocycles. The van der Waals surface area contributed by atoms with Gasteiger partial charge in [-0.25, -0.2) is 4.90 Å². The van der Waals surface area contributed by atoms with E-state index in [1.807, 2.05) is 22.6 Å². The lowest BCUT2D eigenvalue weighted by molar-refractivity contribution is -0.143. The lowest BCUT2D eigenvalue weighted by Crippen LogP contribution is -2.60. The molecule has 1 N–H and O–H groups in total. The highest BCUT2D eigenvalue weighted by molar-refractivity contribution is 14.1. The second kappa shape index (κ2) is 10.7. The fourth-order valence-electron chi connectivity index (χ4n) is 7.36. The second-order valence-corrected chi connectivity index (χ2v) is 14.2. The van der Waals surface area contributed by atoms with Gasteiger partial charge in [0.05, 0.1) is 39.3 Å². The number of carbonyl (C=O) groups excluding carboxylic acids is 4. The number of alkyl halides is 8. The molecule has 0 radical (unpaired) electrons. The number of allylic oxidation sites excluding steroid dienone is 2. The Morgan fingerprint density at radius 2 is 1.51 bits per heavy atom. The van der Waals surface area contributed by atoms with Crippen molar-refractivity contribution in [2.75, 3.05) is 19.1 Å². The number of nitrogens with zero attached hydrogens (tertiary/aromatic N) is 2. The summed E-state index contributed by atoms with van der Waals surface area (Å²) in [6, 6.07) is 3.34. The van der Waals surface area contributed by atoms with Gasteiger partial charge in [-0.05, 0) is 77.2 Å². The standard InChI is InChI=1S/C30H21Cl2F6IN2O6/c1-40-25(45)27(31)10-17-15(21(28(27,32)26(40)46)11-5-18(39)22(42)19(6-11)47-2)3-4-16-20(17)24(44)41(23(16)43)14-8-12(29(33,34)35)7-13(9-14)30(36,37)38/h3,5-9,16-17,20-21,42H,4,10H2,1-2H3/t16-,17+,20-,21-,27+,28-/m0/s1. The number of ether oxygens (including phenoxy) is 1. The third-order valence-electron chi connectivity index (χ3n) is 9.45. The summed E-state index contributed by atoms with van der Waals surface area (Å²) >= 11 is 16.0. The monoisotopic (exact) mass is 816 g/mol. The quantitative estimate of drug-likeness (QED) is 0.130. The van der Waals surface area contributed by atoms with Crippen LogP contribution in [0.4, 0.5) is 32.0 Å². The maximum absolute atomic E-state index is 14.1. The van der Waals surface area contributed by atoms with Gasteiger partial charge in [-0.15, -0.1) is 23.2 Å². The van der Waals surface area contributed by atoms with Gasteiger partial charge >= 0.3 is 12.4 Å². The van der Waals surface area contributed by atoms with E-state index in [0.717, 1.165) is 4.90 Å². The summed E-state index contributed by atoms with van der Waals surface area (Å²) in [5.74, 6) is -9.08. The van der Waals surface area contributed by atoms with Crippen LogP contribution in [0.3, 0.4) is 0 Å². The number of phenols is 1. The van der Waals surface area contributed by atoms with Crippen LogP contribution in [-0.4, -0.2) is 57.5 Å². The van der Waals surface area contributed by atoms with Crippen LogP contribution in [0.1, 0.15) is 35.4 Å². The van der Waals surface area contributed by atoms with Gasteiger partial charge < -0.3 is 9.84 Å². The Balaban J connectivity index is 1.52. The zero-order chi connectivity index (χ0) is 34.8. The van der Waals surface area contributed by atoms with E-state index >= 15 is 0 Å². The molecule has 3 fully saturated rings. The molecule has 2 aromatic rings. The van der Waals surface area contributed by atoms with Crippen molar-refractivity contribution < 1.29 is 55.4 Å². The number of methoxy groups -OCH3 is 1. The van der Waals surface area contributed by atoms with Crippen LogP contribution in [0, 0.1) is 21.3 Å². The molecule has 2 aromatic carbocycles. The van der Waals surface area contributed by atoms with Crippen LogP contribution in [0.25, 0.3) is 0 Å². The smallest absolute Gasteiger partial charge is 0.416 e. The minimum absolute atomic E-state index is 0.0165. The van der Waals surface area contributed by atoms with Crippen molar-refractivity contribution in [3.63, 3.8) is 0 Å². The minimum atomic E-state index is -5.24. The van der Waals surface area contributed by atoms with Gasteiger partial charge in [0, 0.05) is 13.0 Å². The van der Waals surface area contributed by atoms with Crippen LogP contribution >= 0.6 is 45.8 Å². The number of benzene rings is 2. The van der Waals surface area contributed by atoms with Crippen molar-refractivity contribution in [3.8, 4) is 11.5 Å². The summed E-state index contributed by atoms with van der Waals surface area (Å²) in [6.07, 6.45) is -9.57. The number of anilines is 1. The first-order chi connectivity index (χ1) is 21.7. The van der Waals surface area contributed by atoms with Crippen molar-refractivity contribution in [3.05, 3.63) is 62.2 Å². The van der Waals surface area contributed by atoms with Crippen molar-refractivity contribution >= 4 is 75.1 Å². The zero-order valence-corrected chi connectivity index (χ0v) is 27.6. The van der Waals surface area contributed by atoms with Crippen molar-refractivity contribution in [2.45, 2.75) is 40.9 Å². The van der Waals surface area contributed by atoms with Gasteiger partial charge in [0.1, 0.15) is 0 Å². The molecule has 0 unspecified atom stereocenters. The lowest BCUT2D eigenvalue weighted by atomic mass is 9.56. The summed E-state index contributed by atoms with van der Waals surface area (Å²) in [6.45, 7) is 0. The molecule has 6 rings (SSSR count). The van der Waals surface area contributed by atoms with Gasteiger partial charge in [0.2, 0.25) is 11.8 Å². The van der Waals surface area contributed by atoms with Crippen molar-refractivity contribution in [1.82, 2.24) is 4.90 Å². The second-order valence-electron chi connectivity index (χ2n) is 11.8. The van der Waals surface area contributed by atoms with Gasteiger partial charge in [-0.1, -0.05) is 11.6 Å². The number of amides is 4. The predicted molar refractivity (Wildman–Crippen MR) is 162 cm³/mol. The predicted octanol–water partition coefficient (Wildman–Crippen LogP) is 6.24. The fourth-order valence-corrected chi connectivity index (χ4v) is 9.00. The maximum Gasteiger partial charge on any atom is 0.416 e. The summed E-state index contributed by atoms with van der Waals surface area (Å²) in [4.78, 5) is 51.8. The Hall–Kier alpha value is -3.05. The van der Waals surface area contributed by atoms with Gasteiger partial charge in [0.15, 0.2) is 21.2 Å². The molecule has 2 aliphatic carbocycles. The van der Waals surface area contributed by atoms with Crippen molar-refractivity contribution in [2.24, 2.45) is 17.8 Å². The molecule has 0 spiro atoms. The average Bonchev–Trinajstić information content (AvgIpc) is 3.32. The first kappa shape index (κ1) is 33.8. The Morgan fingerprint density at radius 3 is 2.06 bits per heavy atom. The topological polar surface area (TPSA) is 104 Å². The summed E-state index contributed by atoms with van der Waals surface area (Å²) in [7, 11) is 2.45. The number of hydrogen-bond donors (Lipinski definition) is 1. The van der Waals surface area contributed by atoms with Crippen LogP contribution in [0.15, 0.2) is 42.0 Å². The molecule has 17 heteroatoms. The van der Waals surface area contributed by atoms with Gasteiger partial charge in [-0.3, -0.25) is 24.1 Å². The normalized spacial score (nSPS) is 30.7. The van der Waals surface area contributed by atoms with E-state index in [2.05, 4.69) is 0 Å². The largest absolute Gasteiger partial charge is 0.504 e. The highest BCUT2D eigenvalue weighted by atomic mass is 127. The van der Waals surface area contributed by atoms with E-state index < -0.39 is 92.6 Å². The van der Waals surface area contributed by atoms with E-state index in [1.54, 1.807) is 6.08 Å². The molecule has 0 aromatic heterocycles. The molecule has 4 amide bonds. The molecule has 250 valence electrons. The molecular weight excluding hydrogens is 796 g/mol. The van der Waals surface area contributed by atoms with E-state index in [0.29, 0.717) is 22.6 Å². The number of imide groups is 2. The zero-order valence-electron chi connectivity index (χ0n) is 24.0. The third-order valence-corrected chi connectivity index (χ3v) is 11.7. The molecule has 2 heterocycles. The van der Waals surface area contributed by atoms with Gasteiger partial charge in [0.25, 0.3) is 11.8 Å². The maximum atomic E-state index is 14.1. The van der Waals surface area contributed by atoms with E-state index in [9.17, 15) is 50.6 Å². The van der Waals surface area contributed by atoms with Crippen molar-refractivity contribution in [1.29, 1.82) is 0 Å². The number of likely N-dealkylation sites (tertiary alicyclic amines) is 1. The molecular formula is C30H21Cl2F6IN2O6. The Morgan fingerprint density at radius 1 is 0.915 bits per heavy atom. The molecule has 6 atom stereocenters. The van der Waals surface area contributed by atoms with E-state index in [1.165, 1.54) is 26.3 Å². The average molecular weight is 817 g/mol. The third kappa shape index (κ3) is 4.69. The molecule has 4 aliphatic rings. The Labute approximate surface area is 285 Å². The molecule has 0 bridgehead atoms. The highest BCUT2D eigenvalue weighted by Crippen LogP contribution is 2.65. The Kier molecular flexibility index (Phi) is 7.72. The number of phenolic OH excluding ortho intramolecular Hbond substituents is 1. The number of fused-ring (bicyclic) bond motifs is 4. The number of halogens is 9. The van der Waals surface area contributed by atoms with E-state index in [4.69, 9.17) is 27.9 Å².